The van der Waals surface area contributed by atoms with Gasteiger partial charge in [-0.1, -0.05) is 0 Å². The van der Waals surface area contributed by atoms with Gasteiger partial charge < -0.3 is 9.84 Å². The summed E-state index contributed by atoms with van der Waals surface area (Å²) in [6.07, 6.45) is 1.64. The molecule has 2 unspecified atom stereocenters. The molecule has 0 bridgehead atoms. The summed E-state index contributed by atoms with van der Waals surface area (Å²) in [6.45, 7) is 2.40. The molecule has 1 fully saturated rings. The van der Waals surface area contributed by atoms with E-state index >= 15 is 0 Å². The number of hydrogen-bond acceptors (Lipinski definition) is 5. The van der Waals surface area contributed by atoms with Crippen LogP contribution in [0.4, 0.5) is 0 Å². The second-order valence-electron chi connectivity index (χ2n) is 4.41. The lowest BCUT2D eigenvalue weighted by Crippen LogP contribution is -2.40. The Kier molecular flexibility index (Phi) is 4.24. The summed E-state index contributed by atoms with van der Waals surface area (Å²) < 4.78 is 32.1. The molecule has 0 spiro atoms. The number of carboxylic acid groups (broad SMARTS) is 1. The molecule has 2 N–H and O–H groups in total. The molecule has 2 rings (SSSR count). The summed E-state index contributed by atoms with van der Waals surface area (Å²) >= 11 is 0.894. The van der Waals surface area contributed by atoms with Gasteiger partial charge in [0, 0.05) is 18.0 Å². The molecule has 8 heteroatoms. The topological polar surface area (TPSA) is 92.7 Å². The summed E-state index contributed by atoms with van der Waals surface area (Å²) in [6, 6.07) is 0.832. The van der Waals surface area contributed by atoms with Crippen molar-refractivity contribution in [3.05, 3.63) is 16.3 Å². The molecule has 0 aromatic carbocycles. The van der Waals surface area contributed by atoms with E-state index in [0.717, 1.165) is 30.2 Å². The fourth-order valence-electron chi connectivity index (χ4n) is 1.96. The second kappa shape index (κ2) is 5.58. The first-order valence-electron chi connectivity index (χ1n) is 5.86. The van der Waals surface area contributed by atoms with Gasteiger partial charge in [0.15, 0.2) is 0 Å². The molecule has 1 saturated heterocycles. The third-order valence-electron chi connectivity index (χ3n) is 2.96. The summed E-state index contributed by atoms with van der Waals surface area (Å²) in [4.78, 5) is 10.7. The lowest BCUT2D eigenvalue weighted by Gasteiger charge is -2.19. The van der Waals surface area contributed by atoms with Crippen molar-refractivity contribution in [2.24, 2.45) is 0 Å². The Morgan fingerprint density at radius 2 is 2.37 bits per heavy atom. The van der Waals surface area contributed by atoms with Crippen LogP contribution in [-0.2, 0) is 14.8 Å². The Hall–Kier alpha value is -0.960. The number of carboxylic acids is 1. The molecule has 0 saturated carbocycles. The van der Waals surface area contributed by atoms with E-state index in [1.165, 1.54) is 5.38 Å². The highest BCUT2D eigenvalue weighted by Crippen LogP contribution is 2.21. The van der Waals surface area contributed by atoms with E-state index in [1.807, 2.05) is 0 Å². The second-order valence-corrected chi connectivity index (χ2v) is 7.04. The average Bonchev–Trinajstić information content (AvgIpc) is 3.00. The van der Waals surface area contributed by atoms with Gasteiger partial charge in [-0.05, 0) is 25.8 Å². The van der Waals surface area contributed by atoms with E-state index in [-0.39, 0.29) is 21.9 Å². The van der Waals surface area contributed by atoms with Gasteiger partial charge in [-0.15, -0.1) is 11.3 Å². The zero-order chi connectivity index (χ0) is 14.0. The largest absolute Gasteiger partial charge is 0.477 e. The highest BCUT2D eigenvalue weighted by molar-refractivity contribution is 7.89. The summed E-state index contributed by atoms with van der Waals surface area (Å²) in [5, 5.41) is 10.1. The minimum Gasteiger partial charge on any atom is -0.477 e. The van der Waals surface area contributed by atoms with Crippen LogP contribution in [0.3, 0.4) is 0 Å². The number of aromatic carboxylic acids is 1. The maximum Gasteiger partial charge on any atom is 0.345 e. The van der Waals surface area contributed by atoms with Crippen LogP contribution in [-0.4, -0.2) is 38.2 Å². The maximum atomic E-state index is 12.1. The molecule has 0 amide bonds. The first-order chi connectivity index (χ1) is 8.90. The molecule has 1 aliphatic rings. The zero-order valence-electron chi connectivity index (χ0n) is 10.3. The van der Waals surface area contributed by atoms with Crippen molar-refractivity contribution >= 4 is 27.3 Å². The Balaban J connectivity index is 2.10. The maximum absolute atomic E-state index is 12.1. The van der Waals surface area contributed by atoms with Crippen LogP contribution in [0.2, 0.25) is 0 Å². The van der Waals surface area contributed by atoms with E-state index in [0.29, 0.717) is 6.61 Å². The molecule has 1 aromatic rings. The first kappa shape index (κ1) is 14.4. The van der Waals surface area contributed by atoms with Gasteiger partial charge in [-0.25, -0.2) is 17.9 Å². The SMILES string of the molecule is CC(NS(=O)(=O)c1csc(C(=O)O)c1)C1CCCO1. The van der Waals surface area contributed by atoms with E-state index in [2.05, 4.69) is 4.72 Å². The van der Waals surface area contributed by atoms with Crippen molar-refractivity contribution in [1.29, 1.82) is 0 Å². The molecule has 2 heterocycles. The molecule has 0 aliphatic carbocycles. The molecular weight excluding hydrogens is 290 g/mol. The fraction of sp³-hybridized carbons (Fsp3) is 0.545. The van der Waals surface area contributed by atoms with Crippen molar-refractivity contribution in [3.8, 4) is 0 Å². The zero-order valence-corrected chi connectivity index (χ0v) is 12.0. The Morgan fingerprint density at radius 1 is 1.63 bits per heavy atom. The number of carbonyl (C=O) groups is 1. The highest BCUT2D eigenvalue weighted by atomic mass is 32.2. The number of hydrogen-bond donors (Lipinski definition) is 2. The van der Waals surface area contributed by atoms with E-state index < -0.39 is 16.0 Å². The first-order valence-corrected chi connectivity index (χ1v) is 8.22. The van der Waals surface area contributed by atoms with Crippen LogP contribution < -0.4 is 4.72 Å². The number of ether oxygens (including phenoxy) is 1. The molecule has 19 heavy (non-hydrogen) atoms. The van der Waals surface area contributed by atoms with Crippen LogP contribution >= 0.6 is 11.3 Å². The smallest absolute Gasteiger partial charge is 0.345 e. The van der Waals surface area contributed by atoms with Gasteiger partial charge in [0.2, 0.25) is 10.0 Å². The Bertz CT molecular complexity index is 559. The normalized spacial score (nSPS) is 21.4. The number of rotatable bonds is 5. The van der Waals surface area contributed by atoms with Crippen LogP contribution in [0.5, 0.6) is 0 Å². The van der Waals surface area contributed by atoms with E-state index in [9.17, 15) is 13.2 Å². The average molecular weight is 305 g/mol. The third-order valence-corrected chi connectivity index (χ3v) is 5.57. The van der Waals surface area contributed by atoms with Gasteiger partial charge >= 0.3 is 5.97 Å². The van der Waals surface area contributed by atoms with Gasteiger partial charge in [0.05, 0.1) is 11.0 Å². The van der Waals surface area contributed by atoms with Crippen molar-refractivity contribution in [2.75, 3.05) is 6.61 Å². The number of nitrogens with one attached hydrogen (secondary N) is 1. The van der Waals surface area contributed by atoms with Crippen molar-refractivity contribution in [3.63, 3.8) is 0 Å². The molecule has 1 aliphatic heterocycles. The standard InChI is InChI=1S/C11H15NO5S2/c1-7(9-3-2-4-17-9)12-19(15,16)8-5-10(11(13)14)18-6-8/h5-7,9,12H,2-4H2,1H3,(H,13,14). The van der Waals surface area contributed by atoms with Gasteiger partial charge in [0.1, 0.15) is 4.88 Å². The molecule has 6 nitrogen and oxygen atoms in total. The summed E-state index contributed by atoms with van der Waals surface area (Å²) in [5.74, 6) is -1.13. The fourth-order valence-corrected chi connectivity index (χ4v) is 4.34. The molecule has 0 radical (unpaired) electrons. The predicted octanol–water partition coefficient (Wildman–Crippen LogP) is 1.29. The number of thiophene rings is 1. The summed E-state index contributed by atoms with van der Waals surface area (Å²) in [7, 11) is -3.69. The lowest BCUT2D eigenvalue weighted by atomic mass is 10.1. The third kappa shape index (κ3) is 3.33. The molecule has 1 aromatic heterocycles. The van der Waals surface area contributed by atoms with Crippen LogP contribution in [0.25, 0.3) is 0 Å². The minimum atomic E-state index is -3.69. The van der Waals surface area contributed by atoms with Gasteiger partial charge in [-0.2, -0.15) is 0 Å². The molecule has 106 valence electrons. The predicted molar refractivity (Wildman–Crippen MR) is 70.0 cm³/mol. The van der Waals surface area contributed by atoms with Crippen molar-refractivity contribution in [1.82, 2.24) is 4.72 Å². The molecular formula is C11H15NO5S2. The Morgan fingerprint density at radius 3 is 2.89 bits per heavy atom. The van der Waals surface area contributed by atoms with Crippen molar-refractivity contribution < 1.29 is 23.1 Å². The van der Waals surface area contributed by atoms with Crippen LogP contribution in [0.1, 0.15) is 29.4 Å². The molecule has 2 atom stereocenters. The van der Waals surface area contributed by atoms with E-state index in [4.69, 9.17) is 9.84 Å². The van der Waals surface area contributed by atoms with Gasteiger partial charge in [-0.3, -0.25) is 0 Å². The van der Waals surface area contributed by atoms with Crippen LogP contribution in [0, 0.1) is 0 Å². The van der Waals surface area contributed by atoms with Gasteiger partial charge in [0.25, 0.3) is 0 Å². The monoisotopic (exact) mass is 305 g/mol. The summed E-state index contributed by atoms with van der Waals surface area (Å²) in [5.41, 5.74) is 0. The number of sulfonamides is 1. The van der Waals surface area contributed by atoms with E-state index in [1.54, 1.807) is 6.92 Å². The highest BCUT2D eigenvalue weighted by Gasteiger charge is 2.27. The lowest BCUT2D eigenvalue weighted by molar-refractivity contribution is 0.0702. The Labute approximate surface area is 115 Å². The quantitative estimate of drug-likeness (QED) is 0.855. The minimum absolute atomic E-state index is 0.00476. The van der Waals surface area contributed by atoms with Crippen LogP contribution in [0.15, 0.2) is 16.3 Å². The van der Waals surface area contributed by atoms with Crippen molar-refractivity contribution in [2.45, 2.75) is 36.8 Å².